The fourth-order valence-electron chi connectivity index (χ4n) is 4.23. The summed E-state index contributed by atoms with van der Waals surface area (Å²) >= 11 is 0. The minimum absolute atomic E-state index is 0.229. The molecular formula is C22H25N3O3. The van der Waals surface area contributed by atoms with Crippen molar-refractivity contribution in [1.29, 1.82) is 0 Å². The molecule has 0 radical (unpaired) electrons. The molecule has 2 aromatic carbocycles. The van der Waals surface area contributed by atoms with Gasteiger partial charge in [-0.2, -0.15) is 0 Å². The number of primary amides is 1. The van der Waals surface area contributed by atoms with Crippen LogP contribution >= 0.6 is 0 Å². The number of likely N-dealkylation sites (N-methyl/N-ethyl adjacent to an activating group) is 1. The molecule has 0 bridgehead atoms. The molecule has 4 rings (SSSR count). The number of ether oxygens (including phenoxy) is 2. The number of fused-ring (bicyclic) bond motifs is 3. The van der Waals surface area contributed by atoms with Crippen molar-refractivity contribution in [2.45, 2.75) is 18.4 Å². The Balaban J connectivity index is 1.86. The Kier molecular flexibility index (Phi) is 4.81. The van der Waals surface area contributed by atoms with Crippen LogP contribution in [0.3, 0.4) is 0 Å². The molecule has 2 aromatic rings. The fourth-order valence-corrected chi connectivity index (χ4v) is 4.23. The van der Waals surface area contributed by atoms with Crippen LogP contribution < -0.4 is 15.2 Å². The molecular weight excluding hydrogens is 354 g/mol. The van der Waals surface area contributed by atoms with Gasteiger partial charge in [0.05, 0.1) is 26.0 Å². The molecule has 1 amide bonds. The van der Waals surface area contributed by atoms with E-state index < -0.39 is 5.91 Å². The average Bonchev–Trinajstić information content (AvgIpc) is 2.72. The number of rotatable bonds is 4. The summed E-state index contributed by atoms with van der Waals surface area (Å²) in [6, 6.07) is 11.7. The number of nitrogens with two attached hydrogens (primary N) is 1. The first-order chi connectivity index (χ1) is 13.5. The summed E-state index contributed by atoms with van der Waals surface area (Å²) in [5.74, 6) is 1.31. The molecule has 6 nitrogen and oxygen atoms in total. The second-order valence-corrected chi connectivity index (χ2v) is 7.44. The van der Waals surface area contributed by atoms with E-state index in [0.29, 0.717) is 17.2 Å². The molecule has 0 unspecified atom stereocenters. The lowest BCUT2D eigenvalue weighted by Crippen LogP contribution is -2.41. The summed E-state index contributed by atoms with van der Waals surface area (Å²) in [6.45, 7) is 1.99. The molecule has 2 heterocycles. The maximum Gasteiger partial charge on any atom is 0.248 e. The van der Waals surface area contributed by atoms with Crippen molar-refractivity contribution < 1.29 is 14.3 Å². The summed E-state index contributed by atoms with van der Waals surface area (Å²) in [5, 5.41) is 0. The number of piperidine rings is 1. The van der Waals surface area contributed by atoms with Crippen LogP contribution in [-0.4, -0.2) is 56.9 Å². The van der Waals surface area contributed by atoms with E-state index in [1.54, 1.807) is 26.4 Å². The highest BCUT2D eigenvalue weighted by Gasteiger charge is 2.36. The lowest BCUT2D eigenvalue weighted by atomic mass is 9.79. The maximum absolute atomic E-state index is 11.4. The molecule has 0 aromatic heterocycles. The van der Waals surface area contributed by atoms with Crippen LogP contribution in [0, 0.1) is 0 Å². The summed E-state index contributed by atoms with van der Waals surface area (Å²) in [4.78, 5) is 18.9. The summed E-state index contributed by atoms with van der Waals surface area (Å²) < 4.78 is 11.1. The number of amides is 1. The molecule has 6 heteroatoms. The van der Waals surface area contributed by atoms with E-state index in [1.165, 1.54) is 5.56 Å². The Labute approximate surface area is 165 Å². The van der Waals surface area contributed by atoms with Crippen LogP contribution in [0.15, 0.2) is 41.4 Å². The molecule has 1 fully saturated rings. The number of aliphatic imine (C=N–C) groups is 1. The SMILES string of the molecule is COc1cc2c(cc1OC)[C@H]1CN(C)CC[C@H]1N=C2c1ccc(C(N)=O)cc1. The predicted octanol–water partition coefficient (Wildman–Crippen LogP) is 2.44. The predicted molar refractivity (Wildman–Crippen MR) is 109 cm³/mol. The summed E-state index contributed by atoms with van der Waals surface area (Å²) in [7, 11) is 5.45. The Morgan fingerprint density at radius 3 is 2.46 bits per heavy atom. The third-order valence-corrected chi connectivity index (χ3v) is 5.73. The zero-order valence-electron chi connectivity index (χ0n) is 16.4. The average molecular weight is 379 g/mol. The normalized spacial score (nSPS) is 21.3. The van der Waals surface area contributed by atoms with Gasteiger partial charge in [-0.25, -0.2) is 0 Å². The third kappa shape index (κ3) is 3.14. The first-order valence-electron chi connectivity index (χ1n) is 9.44. The maximum atomic E-state index is 11.4. The minimum atomic E-state index is -0.431. The van der Waals surface area contributed by atoms with E-state index in [-0.39, 0.29) is 6.04 Å². The van der Waals surface area contributed by atoms with Gasteiger partial charge < -0.3 is 20.1 Å². The Bertz CT molecular complexity index is 937. The molecule has 2 aliphatic heterocycles. The number of carbonyl (C=O) groups is 1. The lowest BCUT2D eigenvalue weighted by Gasteiger charge is -2.39. The summed E-state index contributed by atoms with van der Waals surface area (Å²) in [6.07, 6.45) is 1.01. The molecule has 0 saturated carbocycles. The first kappa shape index (κ1) is 18.5. The van der Waals surface area contributed by atoms with E-state index in [1.807, 2.05) is 18.2 Å². The highest BCUT2D eigenvalue weighted by Crippen LogP contribution is 2.42. The number of hydrogen-bond acceptors (Lipinski definition) is 5. The van der Waals surface area contributed by atoms with Crippen LogP contribution in [0.1, 0.15) is 39.4 Å². The molecule has 2 aliphatic rings. The Hall–Kier alpha value is -2.86. The highest BCUT2D eigenvalue weighted by atomic mass is 16.5. The topological polar surface area (TPSA) is 77.2 Å². The number of hydrogen-bond donors (Lipinski definition) is 1. The highest BCUT2D eigenvalue weighted by molar-refractivity contribution is 6.15. The van der Waals surface area contributed by atoms with Gasteiger partial charge in [-0.3, -0.25) is 9.79 Å². The van der Waals surface area contributed by atoms with Crippen LogP contribution in [-0.2, 0) is 0 Å². The zero-order valence-corrected chi connectivity index (χ0v) is 16.4. The molecule has 1 saturated heterocycles. The van der Waals surface area contributed by atoms with E-state index in [0.717, 1.165) is 42.1 Å². The largest absolute Gasteiger partial charge is 0.493 e. The van der Waals surface area contributed by atoms with Crippen molar-refractivity contribution in [1.82, 2.24) is 4.90 Å². The molecule has 146 valence electrons. The minimum Gasteiger partial charge on any atom is -0.493 e. The number of likely N-dealkylation sites (tertiary alicyclic amines) is 1. The summed E-state index contributed by atoms with van der Waals surface area (Å²) in [5.41, 5.74) is 10.1. The van der Waals surface area contributed by atoms with Crippen molar-refractivity contribution in [2.24, 2.45) is 10.7 Å². The number of carbonyl (C=O) groups excluding carboxylic acids is 1. The van der Waals surface area contributed by atoms with Gasteiger partial charge in [0, 0.05) is 29.2 Å². The van der Waals surface area contributed by atoms with Gasteiger partial charge in [0.2, 0.25) is 5.91 Å². The molecule has 0 spiro atoms. The van der Waals surface area contributed by atoms with E-state index >= 15 is 0 Å². The monoisotopic (exact) mass is 379 g/mol. The Morgan fingerprint density at radius 2 is 1.82 bits per heavy atom. The number of methoxy groups -OCH3 is 2. The first-order valence-corrected chi connectivity index (χ1v) is 9.44. The second-order valence-electron chi connectivity index (χ2n) is 7.44. The van der Waals surface area contributed by atoms with Gasteiger partial charge in [-0.15, -0.1) is 0 Å². The van der Waals surface area contributed by atoms with Gasteiger partial charge >= 0.3 is 0 Å². The number of nitrogens with zero attached hydrogens (tertiary/aromatic N) is 2. The van der Waals surface area contributed by atoms with Crippen LogP contribution in [0.25, 0.3) is 0 Å². The van der Waals surface area contributed by atoms with E-state index in [9.17, 15) is 4.79 Å². The third-order valence-electron chi connectivity index (χ3n) is 5.73. The molecule has 0 aliphatic carbocycles. The van der Waals surface area contributed by atoms with Crippen LogP contribution in [0.5, 0.6) is 11.5 Å². The van der Waals surface area contributed by atoms with Gasteiger partial charge in [0.25, 0.3) is 0 Å². The van der Waals surface area contributed by atoms with Crippen molar-refractivity contribution in [2.75, 3.05) is 34.4 Å². The standard InChI is InChI=1S/C22H25N3O3/c1-25-9-8-18-17(12-25)15-10-19(27-2)20(28-3)11-16(15)21(24-18)13-4-6-14(7-5-13)22(23)26/h4-7,10-11,17-18H,8-9,12H2,1-3H3,(H2,23,26)/t17-,18-/m1/s1. The van der Waals surface area contributed by atoms with Crippen molar-refractivity contribution in [3.8, 4) is 11.5 Å². The molecule has 2 atom stereocenters. The van der Waals surface area contributed by atoms with E-state index in [4.69, 9.17) is 20.2 Å². The van der Waals surface area contributed by atoms with Crippen molar-refractivity contribution >= 4 is 11.6 Å². The second kappa shape index (κ2) is 7.28. The van der Waals surface area contributed by atoms with E-state index in [2.05, 4.69) is 18.0 Å². The van der Waals surface area contributed by atoms with Gasteiger partial charge in [-0.05, 0) is 49.8 Å². The van der Waals surface area contributed by atoms with Gasteiger partial charge in [0.1, 0.15) is 0 Å². The molecule has 28 heavy (non-hydrogen) atoms. The lowest BCUT2D eigenvalue weighted by molar-refractivity contribution is 0.100. The fraction of sp³-hybridized carbons (Fsp3) is 0.364. The van der Waals surface area contributed by atoms with Gasteiger partial charge in [0.15, 0.2) is 11.5 Å². The van der Waals surface area contributed by atoms with Gasteiger partial charge in [-0.1, -0.05) is 12.1 Å². The smallest absolute Gasteiger partial charge is 0.248 e. The quantitative estimate of drug-likeness (QED) is 0.885. The zero-order chi connectivity index (χ0) is 19.8. The van der Waals surface area contributed by atoms with Crippen molar-refractivity contribution in [3.63, 3.8) is 0 Å². The van der Waals surface area contributed by atoms with Crippen LogP contribution in [0.4, 0.5) is 0 Å². The molecule has 2 N–H and O–H groups in total. The van der Waals surface area contributed by atoms with Crippen LogP contribution in [0.2, 0.25) is 0 Å². The Morgan fingerprint density at radius 1 is 1.14 bits per heavy atom. The number of benzene rings is 2. The van der Waals surface area contributed by atoms with Crippen molar-refractivity contribution in [3.05, 3.63) is 58.7 Å².